The molecule has 0 spiro atoms. The lowest BCUT2D eigenvalue weighted by atomic mass is 10.2. The number of ether oxygens (including phenoxy) is 1. The molecule has 2 aromatic carbocycles. The zero-order valence-electron chi connectivity index (χ0n) is 16.0. The van der Waals surface area contributed by atoms with Crippen molar-refractivity contribution < 1.29 is 13.2 Å². The lowest BCUT2D eigenvalue weighted by molar-refractivity contribution is 0.386. The number of aromatic nitrogens is 3. The number of rotatable bonds is 6. The number of methoxy groups -OCH3 is 1. The molecule has 4 aromatic rings. The van der Waals surface area contributed by atoms with Gasteiger partial charge in [0, 0.05) is 16.9 Å². The van der Waals surface area contributed by atoms with Crippen LogP contribution in [0.4, 0.5) is 10.1 Å². The smallest absolute Gasteiger partial charge is 0.329 e. The predicted octanol–water partition coefficient (Wildman–Crippen LogP) is -0.745. The second-order valence-corrected chi connectivity index (χ2v) is 9.12. The van der Waals surface area contributed by atoms with Crippen molar-refractivity contribution in [3.8, 4) is 6.01 Å². The van der Waals surface area contributed by atoms with Gasteiger partial charge in [0.25, 0.3) is 0 Å². The number of hydrogen-bond acceptors (Lipinski definition) is 14. The molecule has 0 radical (unpaired) electrons. The van der Waals surface area contributed by atoms with Crippen LogP contribution in [0.15, 0.2) is 55.0 Å². The number of sulfonamides is 1. The van der Waals surface area contributed by atoms with Gasteiger partial charge in [-0.25, -0.2) is 13.6 Å². The Kier molecular flexibility index (Phi) is 5.74. The molecule has 0 bridgehead atoms. The van der Waals surface area contributed by atoms with Crippen LogP contribution in [0.1, 0.15) is 0 Å². The Hall–Kier alpha value is -3.60. The van der Waals surface area contributed by atoms with Gasteiger partial charge in [0.1, 0.15) is 10.4 Å². The van der Waals surface area contributed by atoms with Crippen LogP contribution in [0, 0.1) is 0 Å². The van der Waals surface area contributed by atoms with Crippen molar-refractivity contribution in [2.75, 3.05) is 18.0 Å². The minimum absolute atomic E-state index is 0.0889. The fraction of sp³-hybridized carbons (Fsp3) is 0.0625. The Morgan fingerprint density at radius 2 is 1.88 bits per heavy atom. The van der Waals surface area contributed by atoms with E-state index in [1.807, 2.05) is 0 Å². The third kappa shape index (κ3) is 4.37. The number of nitrogens with two attached hydrogens (primary N) is 1. The largest absolute Gasteiger partial charge is 0.466 e. The maximum atomic E-state index is 12.6. The van der Waals surface area contributed by atoms with Crippen molar-refractivity contribution in [1.29, 1.82) is 0 Å². The average Bonchev–Trinajstić information content (AvgIpc) is 3.39. The maximum absolute atomic E-state index is 12.6. The van der Waals surface area contributed by atoms with Gasteiger partial charge < -0.3 is 4.74 Å². The second-order valence-electron chi connectivity index (χ2n) is 6.03. The van der Waals surface area contributed by atoms with Crippen molar-refractivity contribution in [2.24, 2.45) is 15.3 Å². The molecular formula is C16H12N8O5S3. The number of nitrogens with one attached hydrogen (secondary N) is 2. The van der Waals surface area contributed by atoms with E-state index >= 15 is 0 Å². The Morgan fingerprint density at radius 1 is 1.06 bits per heavy atom. The van der Waals surface area contributed by atoms with E-state index in [4.69, 9.17) is 9.88 Å². The van der Waals surface area contributed by atoms with Crippen molar-refractivity contribution in [2.45, 2.75) is 4.90 Å². The highest BCUT2D eigenvalue weighted by atomic mass is 32.2. The van der Waals surface area contributed by atoms with Gasteiger partial charge in [-0.2, -0.15) is 19.6 Å². The molecule has 0 amide bonds. The van der Waals surface area contributed by atoms with Crippen LogP contribution in [0.3, 0.4) is 0 Å². The molecule has 164 valence electrons. The molecule has 0 aliphatic heterocycles. The zero-order chi connectivity index (χ0) is 22.9. The summed E-state index contributed by atoms with van der Waals surface area (Å²) in [6, 6.07) is 6.71. The lowest BCUT2D eigenvalue weighted by Crippen LogP contribution is -2.47. The monoisotopic (exact) mass is 492 g/mol. The van der Waals surface area contributed by atoms with Gasteiger partial charge in [0.15, 0.2) is 5.36 Å². The summed E-state index contributed by atoms with van der Waals surface area (Å²) in [5.41, 5.74) is 4.35. The highest BCUT2D eigenvalue weighted by Gasteiger charge is 2.12. The number of benzene rings is 2. The summed E-state index contributed by atoms with van der Waals surface area (Å²) in [6.07, 6.45) is 0. The van der Waals surface area contributed by atoms with Crippen LogP contribution in [0.5, 0.6) is 6.01 Å². The van der Waals surface area contributed by atoms with Gasteiger partial charge >= 0.3 is 6.01 Å². The van der Waals surface area contributed by atoms with Gasteiger partial charge in [-0.05, 0) is 41.9 Å². The standard InChI is InChI=1S/C16H12N8O5S3/c1-29-15-18-16(31-24-15)22-20-12-11(25)5-4-10(13(12)26)19-21-14-8-6-7(32(17,27)28)2-3-9(8)23-30-14/h2-6,21H,1H3,(H2,17,27,28)(H,18,22,24). The van der Waals surface area contributed by atoms with Crippen LogP contribution < -0.4 is 42.3 Å². The average molecular weight is 493 g/mol. The van der Waals surface area contributed by atoms with Gasteiger partial charge in [0.2, 0.25) is 26.0 Å². The van der Waals surface area contributed by atoms with E-state index in [2.05, 4.69) is 34.8 Å². The summed E-state index contributed by atoms with van der Waals surface area (Å²) in [5, 5.41) is 13.6. The van der Waals surface area contributed by atoms with Gasteiger partial charge in [-0.15, -0.1) is 4.37 Å². The van der Waals surface area contributed by atoms with Crippen LogP contribution in [-0.2, 0) is 10.0 Å². The molecule has 0 aliphatic rings. The van der Waals surface area contributed by atoms with Gasteiger partial charge in [-0.3, -0.25) is 20.4 Å². The highest BCUT2D eigenvalue weighted by Crippen LogP contribution is 2.29. The molecule has 2 aromatic heterocycles. The molecule has 0 unspecified atom stereocenters. The maximum Gasteiger partial charge on any atom is 0.329 e. The second kappa shape index (κ2) is 8.50. The van der Waals surface area contributed by atoms with Crippen molar-refractivity contribution >= 4 is 54.1 Å². The van der Waals surface area contributed by atoms with E-state index in [9.17, 15) is 18.0 Å². The SMILES string of the molecule is COc1nsc(NN=c2c(=O)ccc(=NNc3snc4ccc(S(N)(=O)=O)cc34)c2=O)n1. The topological polar surface area (TPSA) is 191 Å². The van der Waals surface area contributed by atoms with E-state index in [0.29, 0.717) is 15.9 Å². The number of nitrogens with zero attached hydrogens (tertiary/aromatic N) is 5. The summed E-state index contributed by atoms with van der Waals surface area (Å²) < 4.78 is 36.1. The van der Waals surface area contributed by atoms with E-state index in [1.54, 1.807) is 0 Å². The fourth-order valence-electron chi connectivity index (χ4n) is 2.47. The molecule has 0 aliphatic carbocycles. The highest BCUT2D eigenvalue weighted by molar-refractivity contribution is 7.89. The van der Waals surface area contributed by atoms with E-state index < -0.39 is 26.2 Å². The summed E-state index contributed by atoms with van der Waals surface area (Å²) in [5.74, 6) is 0. The van der Waals surface area contributed by atoms with Crippen LogP contribution in [0.2, 0.25) is 0 Å². The Morgan fingerprint density at radius 3 is 2.59 bits per heavy atom. The van der Waals surface area contributed by atoms with Gasteiger partial charge in [-0.1, -0.05) is 0 Å². The fourth-order valence-corrected chi connectivity index (χ4v) is 4.19. The first kappa shape index (κ1) is 21.6. The molecule has 0 saturated heterocycles. The van der Waals surface area contributed by atoms with E-state index in [1.165, 1.54) is 31.4 Å². The minimum atomic E-state index is -3.90. The first-order valence-corrected chi connectivity index (χ1v) is 11.6. The van der Waals surface area contributed by atoms with Crippen LogP contribution in [0.25, 0.3) is 10.9 Å². The number of primary sulfonamides is 1. The Bertz CT molecular complexity index is 1650. The molecule has 0 atom stereocenters. The first-order chi connectivity index (χ1) is 15.3. The number of fused-ring (bicyclic) bond motifs is 1. The zero-order valence-corrected chi connectivity index (χ0v) is 18.4. The van der Waals surface area contributed by atoms with Gasteiger partial charge in [0.05, 0.1) is 17.5 Å². The molecule has 13 nitrogen and oxygen atoms in total. The summed E-state index contributed by atoms with van der Waals surface area (Å²) >= 11 is 1.94. The minimum Gasteiger partial charge on any atom is -0.466 e. The Balaban J connectivity index is 1.70. The first-order valence-electron chi connectivity index (χ1n) is 8.50. The van der Waals surface area contributed by atoms with Crippen LogP contribution >= 0.6 is 23.1 Å². The summed E-state index contributed by atoms with van der Waals surface area (Å²) in [4.78, 5) is 28.6. The van der Waals surface area contributed by atoms with Crippen LogP contribution in [-0.4, -0.2) is 29.3 Å². The molecule has 0 saturated carbocycles. The van der Waals surface area contributed by atoms with Crippen molar-refractivity contribution in [3.05, 3.63) is 61.5 Å². The normalized spacial score (nSPS) is 12.9. The molecule has 2 heterocycles. The quantitative estimate of drug-likeness (QED) is 0.289. The summed E-state index contributed by atoms with van der Waals surface area (Å²) in [7, 11) is -2.51. The summed E-state index contributed by atoms with van der Waals surface area (Å²) in [6.45, 7) is 0. The molecule has 4 rings (SSSR count). The number of hydrogen-bond donors (Lipinski definition) is 3. The molecule has 0 fully saturated rings. The van der Waals surface area contributed by atoms with E-state index in [0.717, 1.165) is 29.1 Å². The molecule has 4 N–H and O–H groups in total. The third-order valence-corrected chi connectivity index (χ3v) is 6.28. The Labute approximate surface area is 186 Å². The molecule has 16 heteroatoms. The van der Waals surface area contributed by atoms with E-state index in [-0.39, 0.29) is 21.4 Å². The molecular weight excluding hydrogens is 480 g/mol. The number of anilines is 2. The van der Waals surface area contributed by atoms with Crippen molar-refractivity contribution in [1.82, 2.24) is 13.7 Å². The molecule has 32 heavy (non-hydrogen) atoms. The lowest BCUT2D eigenvalue weighted by Gasteiger charge is -1.99. The third-order valence-electron chi connectivity index (χ3n) is 3.98. The predicted molar refractivity (Wildman–Crippen MR) is 117 cm³/mol. The van der Waals surface area contributed by atoms with Crippen molar-refractivity contribution in [3.63, 3.8) is 0 Å².